The first-order valence-corrected chi connectivity index (χ1v) is 6.07. The molecule has 0 unspecified atom stereocenters. The first kappa shape index (κ1) is 14.6. The Balaban J connectivity index is 2.08. The molecule has 0 saturated carbocycles. The Kier molecular flexibility index (Phi) is 4.27. The average Bonchev–Trinajstić information content (AvgIpc) is 2.90. The highest BCUT2D eigenvalue weighted by atomic mass is 19.1. The standard InChI is InChI=1S/C15H11FO5/c16-11-4-2-1-3-10(11)5-9-6-14(21-8-9)12(17)7-13(18)15(19)20/h1-4,6,8H,5,7H2,(H,19,20). The van der Waals surface area contributed by atoms with Crippen molar-refractivity contribution in [1.29, 1.82) is 0 Å². The lowest BCUT2D eigenvalue weighted by Crippen LogP contribution is -2.16. The SMILES string of the molecule is O=C(O)C(=O)CC(=O)c1cc(Cc2ccccc2F)co1. The number of furan rings is 1. The molecule has 2 aromatic rings. The van der Waals surface area contributed by atoms with Crippen LogP contribution in [0.2, 0.25) is 0 Å². The van der Waals surface area contributed by atoms with Crippen LogP contribution in [0.1, 0.15) is 28.1 Å². The zero-order valence-corrected chi connectivity index (χ0v) is 10.8. The second-order valence-electron chi connectivity index (χ2n) is 4.42. The zero-order valence-electron chi connectivity index (χ0n) is 10.8. The fourth-order valence-corrected chi connectivity index (χ4v) is 1.78. The van der Waals surface area contributed by atoms with Gasteiger partial charge in [-0.15, -0.1) is 0 Å². The summed E-state index contributed by atoms with van der Waals surface area (Å²) in [5.41, 5.74) is 1.00. The maximum absolute atomic E-state index is 13.5. The summed E-state index contributed by atoms with van der Waals surface area (Å²) < 4.78 is 18.5. The quantitative estimate of drug-likeness (QED) is 0.501. The van der Waals surface area contributed by atoms with E-state index in [1.54, 1.807) is 18.2 Å². The van der Waals surface area contributed by atoms with E-state index >= 15 is 0 Å². The summed E-state index contributed by atoms with van der Waals surface area (Å²) >= 11 is 0. The molecule has 1 aromatic heterocycles. The Hall–Kier alpha value is -2.76. The van der Waals surface area contributed by atoms with Gasteiger partial charge in [-0.2, -0.15) is 0 Å². The molecule has 0 radical (unpaired) electrons. The molecule has 0 atom stereocenters. The molecule has 1 heterocycles. The van der Waals surface area contributed by atoms with Gasteiger partial charge in [0.25, 0.3) is 0 Å². The molecule has 0 aliphatic heterocycles. The summed E-state index contributed by atoms with van der Waals surface area (Å²) in [6.45, 7) is 0. The minimum absolute atomic E-state index is 0.115. The highest BCUT2D eigenvalue weighted by Gasteiger charge is 2.20. The molecule has 2 rings (SSSR count). The summed E-state index contributed by atoms with van der Waals surface area (Å²) in [6.07, 6.45) is 0.753. The van der Waals surface area contributed by atoms with E-state index in [4.69, 9.17) is 9.52 Å². The third-order valence-corrected chi connectivity index (χ3v) is 2.84. The van der Waals surface area contributed by atoms with Gasteiger partial charge in [0.15, 0.2) is 5.76 Å². The van der Waals surface area contributed by atoms with Crippen molar-refractivity contribution in [2.75, 3.05) is 0 Å². The van der Waals surface area contributed by atoms with Gasteiger partial charge in [-0.25, -0.2) is 9.18 Å². The third-order valence-electron chi connectivity index (χ3n) is 2.84. The Morgan fingerprint density at radius 3 is 2.57 bits per heavy atom. The fourth-order valence-electron chi connectivity index (χ4n) is 1.78. The van der Waals surface area contributed by atoms with Crippen molar-refractivity contribution in [3.05, 3.63) is 59.3 Å². The maximum atomic E-state index is 13.5. The van der Waals surface area contributed by atoms with E-state index in [0.717, 1.165) is 0 Å². The lowest BCUT2D eigenvalue weighted by atomic mass is 10.1. The minimum Gasteiger partial charge on any atom is -0.475 e. The number of aliphatic carboxylic acids is 1. The van der Waals surface area contributed by atoms with E-state index in [1.165, 1.54) is 18.4 Å². The number of benzene rings is 1. The summed E-state index contributed by atoms with van der Waals surface area (Å²) in [6, 6.07) is 7.57. The van der Waals surface area contributed by atoms with Crippen molar-refractivity contribution in [2.45, 2.75) is 12.8 Å². The van der Waals surface area contributed by atoms with Gasteiger partial charge in [0.2, 0.25) is 11.6 Å². The van der Waals surface area contributed by atoms with Crippen LogP contribution in [0, 0.1) is 5.82 Å². The minimum atomic E-state index is -1.67. The van der Waals surface area contributed by atoms with Gasteiger partial charge >= 0.3 is 5.97 Å². The number of hydrogen-bond acceptors (Lipinski definition) is 4. The van der Waals surface area contributed by atoms with Crippen LogP contribution in [0.5, 0.6) is 0 Å². The predicted molar refractivity (Wildman–Crippen MR) is 69.5 cm³/mol. The van der Waals surface area contributed by atoms with Crippen LogP contribution >= 0.6 is 0 Å². The van der Waals surface area contributed by atoms with Crippen molar-refractivity contribution in [3.8, 4) is 0 Å². The van der Waals surface area contributed by atoms with Gasteiger partial charge in [-0.05, 0) is 23.3 Å². The number of ketones is 2. The Morgan fingerprint density at radius 2 is 1.90 bits per heavy atom. The molecular formula is C15H11FO5. The molecule has 0 saturated heterocycles. The van der Waals surface area contributed by atoms with E-state index in [0.29, 0.717) is 11.1 Å². The van der Waals surface area contributed by atoms with Gasteiger partial charge in [0.1, 0.15) is 5.82 Å². The van der Waals surface area contributed by atoms with Gasteiger partial charge < -0.3 is 9.52 Å². The summed E-state index contributed by atoms with van der Waals surface area (Å²) in [5.74, 6) is -4.07. The first-order valence-electron chi connectivity index (χ1n) is 6.07. The van der Waals surface area contributed by atoms with E-state index in [-0.39, 0.29) is 18.0 Å². The Morgan fingerprint density at radius 1 is 1.19 bits per heavy atom. The Labute approximate surface area is 119 Å². The van der Waals surface area contributed by atoms with Gasteiger partial charge in [0, 0.05) is 6.42 Å². The van der Waals surface area contributed by atoms with Crippen molar-refractivity contribution in [1.82, 2.24) is 0 Å². The molecule has 21 heavy (non-hydrogen) atoms. The van der Waals surface area contributed by atoms with Crippen LogP contribution in [0.3, 0.4) is 0 Å². The van der Waals surface area contributed by atoms with Gasteiger partial charge in [-0.3, -0.25) is 9.59 Å². The highest BCUT2D eigenvalue weighted by Crippen LogP contribution is 2.16. The number of Topliss-reactive ketones (excluding diaryl/α,β-unsaturated/α-hetero) is 2. The fraction of sp³-hybridized carbons (Fsp3) is 0.133. The number of hydrogen-bond donors (Lipinski definition) is 1. The van der Waals surface area contributed by atoms with Gasteiger partial charge in [-0.1, -0.05) is 18.2 Å². The molecule has 1 N–H and O–H groups in total. The number of halogens is 1. The van der Waals surface area contributed by atoms with Crippen LogP contribution in [0.25, 0.3) is 0 Å². The predicted octanol–water partition coefficient (Wildman–Crippen LogP) is 2.24. The summed E-state index contributed by atoms with van der Waals surface area (Å²) in [5, 5.41) is 8.43. The van der Waals surface area contributed by atoms with Crippen molar-refractivity contribution < 1.29 is 28.3 Å². The van der Waals surface area contributed by atoms with Crippen LogP contribution in [-0.4, -0.2) is 22.6 Å². The van der Waals surface area contributed by atoms with E-state index in [2.05, 4.69) is 0 Å². The number of carboxylic acids is 1. The smallest absolute Gasteiger partial charge is 0.372 e. The molecule has 0 spiro atoms. The number of carboxylic acid groups (broad SMARTS) is 1. The average molecular weight is 290 g/mol. The third kappa shape index (κ3) is 3.62. The lowest BCUT2D eigenvalue weighted by Gasteiger charge is -1.99. The Bertz CT molecular complexity index is 702. The van der Waals surface area contributed by atoms with E-state index in [9.17, 15) is 18.8 Å². The molecule has 0 bridgehead atoms. The second-order valence-corrected chi connectivity index (χ2v) is 4.42. The van der Waals surface area contributed by atoms with Crippen LogP contribution in [0.4, 0.5) is 4.39 Å². The molecule has 0 aliphatic carbocycles. The van der Waals surface area contributed by atoms with Crippen LogP contribution in [0.15, 0.2) is 41.0 Å². The van der Waals surface area contributed by atoms with Crippen molar-refractivity contribution in [2.24, 2.45) is 0 Å². The van der Waals surface area contributed by atoms with Gasteiger partial charge in [0.05, 0.1) is 12.7 Å². The summed E-state index contributed by atoms with van der Waals surface area (Å²) in [4.78, 5) is 33.0. The molecule has 5 nitrogen and oxygen atoms in total. The topological polar surface area (TPSA) is 84.6 Å². The molecule has 0 aliphatic rings. The van der Waals surface area contributed by atoms with Crippen molar-refractivity contribution >= 4 is 17.5 Å². The number of rotatable bonds is 6. The second kappa shape index (κ2) is 6.13. The van der Waals surface area contributed by atoms with E-state index in [1.807, 2.05) is 0 Å². The molecule has 6 heteroatoms. The molecule has 0 amide bonds. The van der Waals surface area contributed by atoms with E-state index < -0.39 is 24.0 Å². The number of carbonyl (C=O) groups is 3. The maximum Gasteiger partial charge on any atom is 0.372 e. The normalized spacial score (nSPS) is 10.3. The van der Waals surface area contributed by atoms with Crippen LogP contribution in [-0.2, 0) is 16.0 Å². The molecule has 1 aromatic carbocycles. The highest BCUT2D eigenvalue weighted by molar-refractivity contribution is 6.37. The molecule has 0 fully saturated rings. The molecular weight excluding hydrogens is 279 g/mol. The first-order chi connectivity index (χ1) is 9.97. The monoisotopic (exact) mass is 290 g/mol. The zero-order chi connectivity index (χ0) is 15.4. The van der Waals surface area contributed by atoms with Crippen molar-refractivity contribution in [3.63, 3.8) is 0 Å². The number of carbonyl (C=O) groups excluding carboxylic acids is 2. The summed E-state index contributed by atoms with van der Waals surface area (Å²) in [7, 11) is 0. The van der Waals surface area contributed by atoms with Crippen LogP contribution < -0.4 is 0 Å². The molecule has 108 valence electrons. The lowest BCUT2D eigenvalue weighted by molar-refractivity contribution is -0.148. The largest absolute Gasteiger partial charge is 0.475 e.